The molecule has 0 fully saturated rings. The predicted octanol–water partition coefficient (Wildman–Crippen LogP) is 3.51. The van der Waals surface area contributed by atoms with Gasteiger partial charge in [0, 0.05) is 18.1 Å². The molecule has 1 unspecified atom stereocenters. The number of aryl methyl sites for hydroxylation is 1. The van der Waals surface area contributed by atoms with Crippen LogP contribution in [0.25, 0.3) is 10.9 Å². The summed E-state index contributed by atoms with van der Waals surface area (Å²) < 4.78 is 38.8. The number of alkyl halides is 3. The molecule has 1 aromatic heterocycles. The molecule has 0 bridgehead atoms. The minimum atomic E-state index is -4.51. The minimum absolute atomic E-state index is 0.407. The highest BCUT2D eigenvalue weighted by molar-refractivity contribution is 6.06. The summed E-state index contributed by atoms with van der Waals surface area (Å²) in [5, 5.41) is 10.2. The summed E-state index contributed by atoms with van der Waals surface area (Å²) in [6, 6.07) is 10.6. The lowest BCUT2D eigenvalue weighted by Gasteiger charge is -2.21. The number of halogens is 3. The molecule has 7 nitrogen and oxygen atoms in total. The number of benzene rings is 2. The van der Waals surface area contributed by atoms with Crippen LogP contribution in [0.2, 0.25) is 0 Å². The first-order valence-electron chi connectivity index (χ1n) is 9.60. The quantitative estimate of drug-likeness (QED) is 0.648. The molecule has 0 saturated heterocycles. The zero-order chi connectivity index (χ0) is 22.3. The standard InChI is InChI=1S/C21H20F3N5O2/c1-12-15-4-3-5-16(27-14-6-7-17-13(8-14)9-26-28(17)2)19(15)20(31)29(12)10-18(30)25-11-21(22,23)24/h3-9,12,27H,10-11H2,1-2H3,(H,25,30). The number of fused-ring (bicyclic) bond motifs is 2. The van der Waals surface area contributed by atoms with Gasteiger partial charge in [-0.25, -0.2) is 0 Å². The van der Waals surface area contributed by atoms with Crippen molar-refractivity contribution in [2.45, 2.75) is 19.1 Å². The van der Waals surface area contributed by atoms with Gasteiger partial charge in [-0.15, -0.1) is 0 Å². The molecule has 10 heteroatoms. The highest BCUT2D eigenvalue weighted by Gasteiger charge is 2.37. The van der Waals surface area contributed by atoms with E-state index in [4.69, 9.17) is 0 Å². The van der Waals surface area contributed by atoms with E-state index in [9.17, 15) is 22.8 Å². The van der Waals surface area contributed by atoms with E-state index >= 15 is 0 Å². The molecule has 0 saturated carbocycles. The summed E-state index contributed by atoms with van der Waals surface area (Å²) in [6.07, 6.45) is -2.77. The molecule has 1 atom stereocenters. The highest BCUT2D eigenvalue weighted by atomic mass is 19.4. The molecule has 2 N–H and O–H groups in total. The van der Waals surface area contributed by atoms with Gasteiger partial charge in [0.15, 0.2) is 0 Å². The van der Waals surface area contributed by atoms with Gasteiger partial charge in [-0.1, -0.05) is 12.1 Å². The summed E-state index contributed by atoms with van der Waals surface area (Å²) in [6.45, 7) is -0.142. The van der Waals surface area contributed by atoms with E-state index in [2.05, 4.69) is 10.4 Å². The van der Waals surface area contributed by atoms with E-state index in [-0.39, 0.29) is 0 Å². The van der Waals surface area contributed by atoms with Gasteiger partial charge in [0.05, 0.1) is 29.0 Å². The first kappa shape index (κ1) is 20.7. The Morgan fingerprint density at radius 1 is 1.23 bits per heavy atom. The first-order chi connectivity index (χ1) is 14.6. The van der Waals surface area contributed by atoms with Crippen LogP contribution in [-0.4, -0.2) is 45.8 Å². The van der Waals surface area contributed by atoms with Crippen LogP contribution in [0.5, 0.6) is 0 Å². The van der Waals surface area contributed by atoms with Crippen molar-refractivity contribution < 1.29 is 22.8 Å². The Bertz CT molecular complexity index is 1170. The Kier molecular flexibility index (Phi) is 5.08. The van der Waals surface area contributed by atoms with Crippen molar-refractivity contribution in [3.63, 3.8) is 0 Å². The van der Waals surface area contributed by atoms with Gasteiger partial charge in [0.25, 0.3) is 5.91 Å². The van der Waals surface area contributed by atoms with E-state index in [1.807, 2.05) is 30.6 Å². The molecule has 31 heavy (non-hydrogen) atoms. The van der Waals surface area contributed by atoms with Crippen molar-refractivity contribution in [3.8, 4) is 0 Å². The number of carbonyl (C=O) groups is 2. The molecular weight excluding hydrogens is 411 g/mol. The van der Waals surface area contributed by atoms with Crippen molar-refractivity contribution >= 4 is 34.1 Å². The monoisotopic (exact) mass is 431 g/mol. The number of anilines is 2. The smallest absolute Gasteiger partial charge is 0.355 e. The lowest BCUT2D eigenvalue weighted by Crippen LogP contribution is -2.42. The fraction of sp³-hybridized carbons (Fsp3) is 0.286. The van der Waals surface area contributed by atoms with Gasteiger partial charge in [0.1, 0.15) is 13.1 Å². The summed E-state index contributed by atoms with van der Waals surface area (Å²) in [5.74, 6) is -1.27. The summed E-state index contributed by atoms with van der Waals surface area (Å²) in [4.78, 5) is 26.3. The van der Waals surface area contributed by atoms with Crippen molar-refractivity contribution in [3.05, 3.63) is 53.7 Å². The third kappa shape index (κ3) is 4.05. The maximum atomic E-state index is 13.0. The van der Waals surface area contributed by atoms with Gasteiger partial charge < -0.3 is 15.5 Å². The van der Waals surface area contributed by atoms with E-state index in [0.717, 1.165) is 16.6 Å². The lowest BCUT2D eigenvalue weighted by molar-refractivity contribution is -0.138. The Morgan fingerprint density at radius 3 is 2.74 bits per heavy atom. The number of rotatable bonds is 5. The third-order valence-electron chi connectivity index (χ3n) is 5.31. The van der Waals surface area contributed by atoms with Gasteiger partial charge in [-0.3, -0.25) is 14.3 Å². The molecule has 0 aliphatic carbocycles. The molecule has 2 aromatic carbocycles. The Morgan fingerprint density at radius 2 is 2.00 bits per heavy atom. The van der Waals surface area contributed by atoms with Crippen molar-refractivity contribution in [1.82, 2.24) is 20.0 Å². The maximum Gasteiger partial charge on any atom is 0.405 e. The zero-order valence-electron chi connectivity index (χ0n) is 16.8. The molecule has 2 amide bonds. The Balaban J connectivity index is 1.55. The number of hydrogen-bond donors (Lipinski definition) is 2. The molecule has 2 heterocycles. The van der Waals surface area contributed by atoms with Gasteiger partial charge in [-0.2, -0.15) is 18.3 Å². The van der Waals surface area contributed by atoms with Crippen molar-refractivity contribution in [1.29, 1.82) is 0 Å². The number of hydrogen-bond acceptors (Lipinski definition) is 4. The predicted molar refractivity (Wildman–Crippen MR) is 109 cm³/mol. The first-order valence-corrected chi connectivity index (χ1v) is 9.60. The average molecular weight is 431 g/mol. The number of aromatic nitrogens is 2. The summed E-state index contributed by atoms with van der Waals surface area (Å²) >= 11 is 0. The van der Waals surface area contributed by atoms with E-state index in [1.54, 1.807) is 36.0 Å². The van der Waals surface area contributed by atoms with Crippen LogP contribution in [0.4, 0.5) is 24.5 Å². The molecule has 0 spiro atoms. The summed E-state index contributed by atoms with van der Waals surface area (Å²) in [7, 11) is 1.85. The molecule has 162 valence electrons. The molecule has 4 rings (SSSR count). The highest BCUT2D eigenvalue weighted by Crippen LogP contribution is 2.38. The van der Waals surface area contributed by atoms with Gasteiger partial charge in [-0.05, 0) is 36.8 Å². The van der Waals surface area contributed by atoms with Crippen LogP contribution in [-0.2, 0) is 11.8 Å². The second kappa shape index (κ2) is 7.60. The number of amides is 2. The maximum absolute atomic E-state index is 13.0. The number of nitrogens with one attached hydrogen (secondary N) is 2. The minimum Gasteiger partial charge on any atom is -0.355 e. The van der Waals surface area contributed by atoms with E-state index in [0.29, 0.717) is 16.8 Å². The largest absolute Gasteiger partial charge is 0.405 e. The number of carbonyl (C=O) groups excluding carboxylic acids is 2. The van der Waals surface area contributed by atoms with Crippen LogP contribution < -0.4 is 10.6 Å². The molecule has 1 aliphatic heterocycles. The molecule has 0 radical (unpaired) electrons. The zero-order valence-corrected chi connectivity index (χ0v) is 16.8. The molecule has 1 aliphatic rings. The average Bonchev–Trinajstić information content (AvgIpc) is 3.19. The second-order valence-electron chi connectivity index (χ2n) is 7.44. The fourth-order valence-electron chi connectivity index (χ4n) is 3.76. The van der Waals surface area contributed by atoms with E-state index in [1.165, 1.54) is 4.90 Å². The number of nitrogens with zero attached hydrogens (tertiary/aromatic N) is 3. The third-order valence-corrected chi connectivity index (χ3v) is 5.31. The van der Waals surface area contributed by atoms with Crippen LogP contribution in [0.3, 0.4) is 0 Å². The van der Waals surface area contributed by atoms with Crippen LogP contribution >= 0.6 is 0 Å². The van der Waals surface area contributed by atoms with Gasteiger partial charge >= 0.3 is 6.18 Å². The fourth-order valence-corrected chi connectivity index (χ4v) is 3.76. The Hall–Kier alpha value is -3.56. The SMILES string of the molecule is CC1c2cccc(Nc3ccc4c(cnn4C)c3)c2C(=O)N1CC(=O)NCC(F)(F)F. The Labute approximate surface area is 175 Å². The normalized spacial score (nSPS) is 16.0. The second-order valence-corrected chi connectivity index (χ2v) is 7.44. The molecular formula is C21H20F3N5O2. The van der Waals surface area contributed by atoms with E-state index < -0.39 is 37.1 Å². The van der Waals surface area contributed by atoms with Gasteiger partial charge in [0.2, 0.25) is 5.91 Å². The van der Waals surface area contributed by atoms with Crippen molar-refractivity contribution in [2.75, 3.05) is 18.4 Å². The lowest BCUT2D eigenvalue weighted by atomic mass is 10.0. The summed E-state index contributed by atoms with van der Waals surface area (Å²) in [5.41, 5.74) is 3.40. The van der Waals surface area contributed by atoms with Crippen LogP contribution in [0.15, 0.2) is 42.6 Å². The van der Waals surface area contributed by atoms with Crippen LogP contribution in [0.1, 0.15) is 28.9 Å². The molecule has 3 aromatic rings. The van der Waals surface area contributed by atoms with Crippen molar-refractivity contribution in [2.24, 2.45) is 7.05 Å². The topological polar surface area (TPSA) is 79.3 Å². The van der Waals surface area contributed by atoms with Crippen LogP contribution in [0, 0.1) is 0 Å².